The predicted molar refractivity (Wildman–Crippen MR) is 75.2 cm³/mol. The number of carbonyl (C=O) groups is 1. The lowest BCUT2D eigenvalue weighted by molar-refractivity contribution is -0.384. The van der Waals surface area contributed by atoms with Crippen molar-refractivity contribution in [2.45, 2.75) is 44.2 Å². The largest absolute Gasteiger partial charge is 0.353 e. The second-order valence-corrected chi connectivity index (χ2v) is 5.28. The van der Waals surface area contributed by atoms with E-state index in [0.29, 0.717) is 0 Å². The summed E-state index contributed by atoms with van der Waals surface area (Å²) < 4.78 is 0. The number of nitrogens with one attached hydrogen (secondary N) is 1. The Balaban J connectivity index is 1.83. The number of nitro groups is 1. The van der Waals surface area contributed by atoms with Crippen LogP contribution in [-0.2, 0) is 11.2 Å². The van der Waals surface area contributed by atoms with E-state index in [9.17, 15) is 14.9 Å². The molecule has 0 unspecified atom stereocenters. The molecule has 0 aromatic heterocycles. The van der Waals surface area contributed by atoms with Crippen molar-refractivity contribution in [3.8, 4) is 0 Å². The lowest BCUT2D eigenvalue weighted by Crippen LogP contribution is -2.41. The zero-order valence-corrected chi connectivity index (χ0v) is 11.2. The number of non-ortho nitro benzene ring substituents is 1. The first-order valence-corrected chi connectivity index (χ1v) is 6.83. The molecule has 1 fully saturated rings. The second kappa shape index (κ2) is 6.47. The van der Waals surface area contributed by atoms with Crippen LogP contribution in [0.1, 0.15) is 31.2 Å². The minimum absolute atomic E-state index is 0.0374. The molecule has 3 N–H and O–H groups in total. The molecule has 1 aliphatic rings. The van der Waals surface area contributed by atoms with Gasteiger partial charge in [0.2, 0.25) is 5.91 Å². The van der Waals surface area contributed by atoms with Gasteiger partial charge in [0.25, 0.3) is 5.69 Å². The summed E-state index contributed by atoms with van der Waals surface area (Å²) in [6.45, 7) is 0. The minimum atomic E-state index is -0.449. The molecule has 2 rings (SSSR count). The molecule has 0 bridgehead atoms. The van der Waals surface area contributed by atoms with E-state index in [2.05, 4.69) is 5.32 Å². The maximum absolute atomic E-state index is 11.9. The normalized spacial score (nSPS) is 22.2. The molecule has 1 saturated carbocycles. The quantitative estimate of drug-likeness (QED) is 0.644. The lowest BCUT2D eigenvalue weighted by atomic mass is 9.91. The predicted octanol–water partition coefficient (Wildman–Crippen LogP) is 1.52. The van der Waals surface area contributed by atoms with Crippen molar-refractivity contribution in [3.05, 3.63) is 39.9 Å². The fourth-order valence-corrected chi connectivity index (χ4v) is 2.46. The van der Waals surface area contributed by atoms with E-state index in [1.54, 1.807) is 12.1 Å². The Morgan fingerprint density at radius 1 is 1.25 bits per heavy atom. The van der Waals surface area contributed by atoms with E-state index in [1.807, 2.05) is 0 Å². The van der Waals surface area contributed by atoms with Gasteiger partial charge in [-0.05, 0) is 31.2 Å². The number of nitro benzene ring substituents is 1. The molecule has 0 saturated heterocycles. The van der Waals surface area contributed by atoms with Crippen molar-refractivity contribution in [1.82, 2.24) is 5.32 Å². The first-order chi connectivity index (χ1) is 9.54. The summed E-state index contributed by atoms with van der Waals surface area (Å²) in [6.07, 6.45) is 3.99. The van der Waals surface area contributed by atoms with Crippen molar-refractivity contribution in [3.63, 3.8) is 0 Å². The molecule has 1 aliphatic carbocycles. The molecule has 1 amide bonds. The summed E-state index contributed by atoms with van der Waals surface area (Å²) in [4.78, 5) is 22.0. The molecule has 0 spiro atoms. The molecule has 0 aliphatic heterocycles. The van der Waals surface area contributed by atoms with Crippen molar-refractivity contribution in [2.24, 2.45) is 5.73 Å². The highest BCUT2D eigenvalue weighted by Crippen LogP contribution is 2.17. The highest BCUT2D eigenvalue weighted by Gasteiger charge is 2.20. The summed E-state index contributed by atoms with van der Waals surface area (Å²) >= 11 is 0. The molecule has 0 heterocycles. The molecular weight excluding hydrogens is 258 g/mol. The zero-order chi connectivity index (χ0) is 14.5. The van der Waals surface area contributed by atoms with Gasteiger partial charge < -0.3 is 11.1 Å². The monoisotopic (exact) mass is 277 g/mol. The average Bonchev–Trinajstić information content (AvgIpc) is 2.42. The lowest BCUT2D eigenvalue weighted by Gasteiger charge is -2.26. The Bertz CT molecular complexity index is 479. The van der Waals surface area contributed by atoms with Crippen LogP contribution in [0.25, 0.3) is 0 Å². The molecule has 20 heavy (non-hydrogen) atoms. The van der Waals surface area contributed by atoms with Gasteiger partial charge in [0.15, 0.2) is 0 Å². The van der Waals surface area contributed by atoms with Gasteiger partial charge in [0.1, 0.15) is 0 Å². The Morgan fingerprint density at radius 3 is 2.40 bits per heavy atom. The number of hydrogen-bond acceptors (Lipinski definition) is 4. The van der Waals surface area contributed by atoms with E-state index in [-0.39, 0.29) is 30.1 Å². The molecule has 1 aromatic carbocycles. The third-order valence-electron chi connectivity index (χ3n) is 3.65. The number of benzene rings is 1. The van der Waals surface area contributed by atoms with E-state index >= 15 is 0 Å². The Morgan fingerprint density at radius 2 is 1.85 bits per heavy atom. The van der Waals surface area contributed by atoms with Crippen LogP contribution in [0.2, 0.25) is 0 Å². The van der Waals surface area contributed by atoms with Crippen LogP contribution in [0.3, 0.4) is 0 Å². The summed E-state index contributed by atoms with van der Waals surface area (Å²) in [5.41, 5.74) is 6.64. The third kappa shape index (κ3) is 4.03. The number of rotatable bonds is 4. The van der Waals surface area contributed by atoms with Crippen LogP contribution in [-0.4, -0.2) is 22.9 Å². The van der Waals surface area contributed by atoms with Crippen LogP contribution in [0.4, 0.5) is 5.69 Å². The van der Waals surface area contributed by atoms with Crippen LogP contribution >= 0.6 is 0 Å². The van der Waals surface area contributed by atoms with E-state index in [1.165, 1.54) is 12.1 Å². The highest BCUT2D eigenvalue weighted by molar-refractivity contribution is 5.78. The average molecular weight is 277 g/mol. The summed E-state index contributed by atoms with van der Waals surface area (Å²) in [6, 6.07) is 6.55. The Labute approximate surface area is 117 Å². The molecule has 108 valence electrons. The topological polar surface area (TPSA) is 98.3 Å². The van der Waals surface area contributed by atoms with Crippen LogP contribution < -0.4 is 11.1 Å². The van der Waals surface area contributed by atoms with Gasteiger partial charge in [-0.2, -0.15) is 0 Å². The van der Waals surface area contributed by atoms with E-state index in [0.717, 1.165) is 31.2 Å². The van der Waals surface area contributed by atoms with E-state index in [4.69, 9.17) is 5.73 Å². The van der Waals surface area contributed by atoms with Crippen LogP contribution in [0.5, 0.6) is 0 Å². The standard InChI is InChI=1S/C14H19N3O3/c15-11-3-5-12(6-4-11)16-14(18)9-10-1-7-13(8-2-10)17(19)20/h1-2,7-8,11-12H,3-6,9,15H2,(H,16,18). The first kappa shape index (κ1) is 14.5. The Hall–Kier alpha value is -1.95. The number of carbonyl (C=O) groups excluding carboxylic acids is 1. The first-order valence-electron chi connectivity index (χ1n) is 6.83. The smallest absolute Gasteiger partial charge is 0.269 e. The number of nitrogens with zero attached hydrogens (tertiary/aromatic N) is 1. The van der Waals surface area contributed by atoms with Gasteiger partial charge in [-0.15, -0.1) is 0 Å². The van der Waals surface area contributed by atoms with Crippen LogP contribution in [0.15, 0.2) is 24.3 Å². The third-order valence-corrected chi connectivity index (χ3v) is 3.65. The molecule has 1 aromatic rings. The van der Waals surface area contributed by atoms with E-state index < -0.39 is 4.92 Å². The molecule has 6 heteroatoms. The second-order valence-electron chi connectivity index (χ2n) is 5.28. The van der Waals surface area contributed by atoms with Gasteiger partial charge in [0, 0.05) is 24.2 Å². The summed E-state index contributed by atoms with van der Waals surface area (Å²) in [7, 11) is 0. The zero-order valence-electron chi connectivity index (χ0n) is 11.2. The fourth-order valence-electron chi connectivity index (χ4n) is 2.46. The fraction of sp³-hybridized carbons (Fsp3) is 0.500. The molecule has 0 atom stereocenters. The summed E-state index contributed by atoms with van der Waals surface area (Å²) in [5, 5.41) is 13.5. The SMILES string of the molecule is NC1CCC(NC(=O)Cc2ccc([N+](=O)[O-])cc2)CC1. The van der Waals surface area contributed by atoms with Crippen molar-refractivity contribution >= 4 is 11.6 Å². The maximum atomic E-state index is 11.9. The van der Waals surface area contributed by atoms with Gasteiger partial charge in [0.05, 0.1) is 11.3 Å². The number of amides is 1. The summed E-state index contributed by atoms with van der Waals surface area (Å²) in [5.74, 6) is -0.0423. The number of hydrogen-bond donors (Lipinski definition) is 2. The molecule has 6 nitrogen and oxygen atoms in total. The highest BCUT2D eigenvalue weighted by atomic mass is 16.6. The van der Waals surface area contributed by atoms with Gasteiger partial charge >= 0.3 is 0 Å². The van der Waals surface area contributed by atoms with Gasteiger partial charge in [-0.1, -0.05) is 12.1 Å². The minimum Gasteiger partial charge on any atom is -0.353 e. The van der Waals surface area contributed by atoms with Crippen molar-refractivity contribution in [2.75, 3.05) is 0 Å². The van der Waals surface area contributed by atoms with Crippen LogP contribution in [0, 0.1) is 10.1 Å². The Kier molecular flexibility index (Phi) is 4.68. The maximum Gasteiger partial charge on any atom is 0.269 e. The van der Waals surface area contributed by atoms with Gasteiger partial charge in [-0.3, -0.25) is 14.9 Å². The molecular formula is C14H19N3O3. The molecule has 0 radical (unpaired) electrons. The number of nitrogens with two attached hydrogens (primary N) is 1. The van der Waals surface area contributed by atoms with Crippen molar-refractivity contribution < 1.29 is 9.72 Å². The van der Waals surface area contributed by atoms with Gasteiger partial charge in [-0.25, -0.2) is 0 Å². The van der Waals surface area contributed by atoms with Crippen molar-refractivity contribution in [1.29, 1.82) is 0 Å².